The predicted octanol–water partition coefficient (Wildman–Crippen LogP) is 5.98. The zero-order valence-electron chi connectivity index (χ0n) is 17.9. The van der Waals surface area contributed by atoms with E-state index in [9.17, 15) is 9.59 Å². The first-order chi connectivity index (χ1) is 13.5. The smallest absolute Gasteiger partial charge is 0.309 e. The molecule has 1 aliphatic heterocycles. The van der Waals surface area contributed by atoms with Gasteiger partial charge in [0.25, 0.3) is 0 Å². The Balaban J connectivity index is 0.00000122. The second kappa shape index (κ2) is 14.0. The van der Waals surface area contributed by atoms with Crippen LogP contribution in [0.2, 0.25) is 0 Å². The SMILES string of the molecule is CC(C)C1C/C=C\CCCCC(=O)OCc2cccc(c2)COC1=O.CCC. The minimum absolute atomic E-state index is 0.125. The summed E-state index contributed by atoms with van der Waals surface area (Å²) in [7, 11) is 0. The number of cyclic esters (lactones) is 2. The predicted molar refractivity (Wildman–Crippen MR) is 113 cm³/mol. The van der Waals surface area contributed by atoms with E-state index in [1.165, 1.54) is 6.42 Å². The van der Waals surface area contributed by atoms with Crippen molar-refractivity contribution in [2.24, 2.45) is 11.8 Å². The summed E-state index contributed by atoms with van der Waals surface area (Å²) in [5.41, 5.74) is 1.82. The van der Waals surface area contributed by atoms with E-state index in [1.807, 2.05) is 38.1 Å². The van der Waals surface area contributed by atoms with E-state index in [-0.39, 0.29) is 37.0 Å². The lowest BCUT2D eigenvalue weighted by Gasteiger charge is -2.18. The monoisotopic (exact) mass is 388 g/mol. The van der Waals surface area contributed by atoms with Crippen LogP contribution in [-0.2, 0) is 32.3 Å². The van der Waals surface area contributed by atoms with Gasteiger partial charge < -0.3 is 9.47 Å². The second-order valence-electron chi connectivity index (χ2n) is 7.60. The molecular weight excluding hydrogens is 352 g/mol. The molecule has 0 amide bonds. The van der Waals surface area contributed by atoms with Crippen LogP contribution in [0.1, 0.15) is 77.3 Å². The average Bonchev–Trinajstić information content (AvgIpc) is 2.67. The maximum absolute atomic E-state index is 12.4. The van der Waals surface area contributed by atoms with Gasteiger partial charge in [-0.25, -0.2) is 0 Å². The molecular formula is C24H36O4. The maximum Gasteiger partial charge on any atom is 0.309 e. The highest BCUT2D eigenvalue weighted by molar-refractivity contribution is 5.73. The summed E-state index contributed by atoms with van der Waals surface area (Å²) >= 11 is 0. The molecule has 156 valence electrons. The number of carbonyl (C=O) groups is 2. The zero-order chi connectivity index (χ0) is 20.8. The molecule has 2 bridgehead atoms. The van der Waals surface area contributed by atoms with E-state index in [0.29, 0.717) is 12.8 Å². The van der Waals surface area contributed by atoms with Gasteiger partial charge in [-0.3, -0.25) is 9.59 Å². The Morgan fingerprint density at radius 1 is 1.00 bits per heavy atom. The van der Waals surface area contributed by atoms with Crippen LogP contribution < -0.4 is 0 Å². The van der Waals surface area contributed by atoms with E-state index in [1.54, 1.807) is 0 Å². The van der Waals surface area contributed by atoms with Crippen molar-refractivity contribution in [3.8, 4) is 0 Å². The number of allylic oxidation sites excluding steroid dienone is 2. The highest BCUT2D eigenvalue weighted by atomic mass is 16.5. The summed E-state index contributed by atoms with van der Waals surface area (Å²) in [6.07, 6.45) is 9.21. The minimum atomic E-state index is -0.162. The summed E-state index contributed by atoms with van der Waals surface area (Å²) in [6.45, 7) is 8.85. The Hall–Kier alpha value is -2.10. The average molecular weight is 389 g/mol. The van der Waals surface area contributed by atoms with Crippen molar-refractivity contribution in [2.75, 3.05) is 0 Å². The molecule has 0 saturated carbocycles. The van der Waals surface area contributed by atoms with Crippen LogP contribution in [0.5, 0.6) is 0 Å². The maximum atomic E-state index is 12.4. The largest absolute Gasteiger partial charge is 0.461 e. The summed E-state index contributed by atoms with van der Waals surface area (Å²) < 4.78 is 10.8. The molecule has 1 heterocycles. The first-order valence-electron chi connectivity index (χ1n) is 10.5. The topological polar surface area (TPSA) is 52.6 Å². The standard InChI is InChI=1S/C21H28O4.C3H8/c1-16(2)19-11-6-4-3-5-7-12-20(22)24-14-17-9-8-10-18(13-17)15-25-21(19)23;1-3-2/h4,6,8-10,13,16,19H,3,5,7,11-12,14-15H2,1-2H3;3H2,1-2H3/b6-4-;. The molecule has 4 heteroatoms. The lowest BCUT2D eigenvalue weighted by molar-refractivity contribution is -0.151. The third kappa shape index (κ3) is 9.72. The fourth-order valence-corrected chi connectivity index (χ4v) is 2.84. The Kier molecular flexibility index (Phi) is 11.9. The number of hydrogen-bond acceptors (Lipinski definition) is 4. The number of esters is 2. The van der Waals surface area contributed by atoms with Gasteiger partial charge in [0.15, 0.2) is 0 Å². The van der Waals surface area contributed by atoms with E-state index < -0.39 is 0 Å². The van der Waals surface area contributed by atoms with Gasteiger partial charge in [0.2, 0.25) is 0 Å². The molecule has 0 radical (unpaired) electrons. The van der Waals surface area contributed by atoms with Gasteiger partial charge in [-0.05, 0) is 48.8 Å². The van der Waals surface area contributed by atoms with Crippen LogP contribution in [-0.4, -0.2) is 11.9 Å². The van der Waals surface area contributed by atoms with Crippen LogP contribution >= 0.6 is 0 Å². The molecule has 0 saturated heterocycles. The van der Waals surface area contributed by atoms with Crippen molar-refractivity contribution in [2.45, 2.75) is 79.4 Å². The van der Waals surface area contributed by atoms with Gasteiger partial charge in [0.05, 0.1) is 5.92 Å². The van der Waals surface area contributed by atoms with Crippen molar-refractivity contribution in [1.82, 2.24) is 0 Å². The van der Waals surface area contributed by atoms with Gasteiger partial charge in [-0.2, -0.15) is 0 Å². The van der Waals surface area contributed by atoms with Crippen LogP contribution in [0.4, 0.5) is 0 Å². The molecule has 0 aliphatic carbocycles. The first kappa shape index (κ1) is 23.9. The zero-order valence-corrected chi connectivity index (χ0v) is 17.9. The van der Waals surface area contributed by atoms with Gasteiger partial charge in [0.1, 0.15) is 13.2 Å². The van der Waals surface area contributed by atoms with E-state index >= 15 is 0 Å². The van der Waals surface area contributed by atoms with Crippen molar-refractivity contribution in [3.05, 3.63) is 47.5 Å². The van der Waals surface area contributed by atoms with Crippen LogP contribution in [0, 0.1) is 11.8 Å². The summed E-state index contributed by atoms with van der Waals surface area (Å²) in [5.74, 6) is -0.206. The fraction of sp³-hybridized carbons (Fsp3) is 0.583. The van der Waals surface area contributed by atoms with Crippen molar-refractivity contribution >= 4 is 11.9 Å². The summed E-state index contributed by atoms with van der Waals surface area (Å²) in [5, 5.41) is 0. The third-order valence-corrected chi connectivity index (χ3v) is 4.44. The van der Waals surface area contributed by atoms with E-state index in [0.717, 1.165) is 30.4 Å². The van der Waals surface area contributed by atoms with Gasteiger partial charge >= 0.3 is 11.9 Å². The molecule has 1 atom stereocenters. The normalized spacial score (nSPS) is 20.2. The van der Waals surface area contributed by atoms with Crippen molar-refractivity contribution in [1.29, 1.82) is 0 Å². The molecule has 28 heavy (non-hydrogen) atoms. The molecule has 0 spiro atoms. The quantitative estimate of drug-likeness (QED) is 0.438. The lowest BCUT2D eigenvalue weighted by Crippen LogP contribution is -2.22. The van der Waals surface area contributed by atoms with E-state index in [2.05, 4.69) is 26.0 Å². The lowest BCUT2D eigenvalue weighted by atomic mass is 9.92. The molecule has 4 nitrogen and oxygen atoms in total. The Labute approximate surface area is 170 Å². The summed E-state index contributed by atoms with van der Waals surface area (Å²) in [6, 6.07) is 7.64. The highest BCUT2D eigenvalue weighted by Gasteiger charge is 2.22. The number of benzene rings is 1. The molecule has 2 rings (SSSR count). The molecule has 1 unspecified atom stereocenters. The van der Waals surface area contributed by atoms with Crippen LogP contribution in [0.3, 0.4) is 0 Å². The molecule has 0 fully saturated rings. The number of ether oxygens (including phenoxy) is 2. The minimum Gasteiger partial charge on any atom is -0.461 e. The van der Waals surface area contributed by atoms with Crippen molar-refractivity contribution in [3.63, 3.8) is 0 Å². The molecule has 0 N–H and O–H groups in total. The number of hydrogen-bond donors (Lipinski definition) is 0. The van der Waals surface area contributed by atoms with E-state index in [4.69, 9.17) is 9.47 Å². The Morgan fingerprint density at radius 3 is 2.29 bits per heavy atom. The second-order valence-corrected chi connectivity index (χ2v) is 7.60. The molecule has 1 aliphatic rings. The van der Waals surface area contributed by atoms with Gasteiger partial charge in [0, 0.05) is 6.42 Å². The molecule has 1 aromatic carbocycles. The number of carbonyl (C=O) groups excluding carboxylic acids is 2. The van der Waals surface area contributed by atoms with Gasteiger partial charge in [-0.1, -0.05) is 64.5 Å². The Bertz CT molecular complexity index is 619. The number of fused-ring (bicyclic) bond motifs is 2. The number of rotatable bonds is 1. The molecule has 1 aromatic rings. The molecule has 0 aromatic heterocycles. The fourth-order valence-electron chi connectivity index (χ4n) is 2.84. The first-order valence-corrected chi connectivity index (χ1v) is 10.5. The third-order valence-electron chi connectivity index (χ3n) is 4.44. The Morgan fingerprint density at radius 2 is 1.64 bits per heavy atom. The van der Waals surface area contributed by atoms with Crippen LogP contribution in [0.15, 0.2) is 36.4 Å². The summed E-state index contributed by atoms with van der Waals surface area (Å²) in [4.78, 5) is 24.2. The van der Waals surface area contributed by atoms with Crippen LogP contribution in [0.25, 0.3) is 0 Å². The highest BCUT2D eigenvalue weighted by Crippen LogP contribution is 2.19. The van der Waals surface area contributed by atoms with Crippen molar-refractivity contribution < 1.29 is 19.1 Å². The van der Waals surface area contributed by atoms with Gasteiger partial charge in [-0.15, -0.1) is 0 Å².